The number of nitrogens with one attached hydrogen (secondary N) is 2. The maximum absolute atomic E-state index is 11.9. The minimum atomic E-state index is 0.0706. The number of hydrogen-bond donors (Lipinski definition) is 2. The van der Waals surface area contributed by atoms with Crippen LogP contribution in [-0.2, 0) is 11.3 Å². The number of hydrogen-bond acceptors (Lipinski definition) is 3. The van der Waals surface area contributed by atoms with Gasteiger partial charge in [-0.2, -0.15) is 0 Å². The zero-order valence-electron chi connectivity index (χ0n) is 14.7. The predicted molar refractivity (Wildman–Crippen MR) is 104 cm³/mol. The lowest BCUT2D eigenvalue weighted by atomic mass is 10.1. The lowest BCUT2D eigenvalue weighted by molar-refractivity contribution is -0.121. The van der Waals surface area contributed by atoms with E-state index in [4.69, 9.17) is 0 Å². The van der Waals surface area contributed by atoms with Crippen LogP contribution in [0.3, 0.4) is 0 Å². The Kier molecular flexibility index (Phi) is 6.32. The van der Waals surface area contributed by atoms with Crippen LogP contribution >= 0.6 is 0 Å². The molecule has 1 aliphatic heterocycles. The first-order valence-electron chi connectivity index (χ1n) is 9.21. The largest absolute Gasteiger partial charge is 0.385 e. The molecular weight excluding hydrogens is 310 g/mol. The second-order valence-electron chi connectivity index (χ2n) is 6.53. The quantitative estimate of drug-likeness (QED) is 0.808. The number of nitrogens with zero attached hydrogens (tertiary/aromatic N) is 1. The van der Waals surface area contributed by atoms with E-state index in [-0.39, 0.29) is 5.91 Å². The summed E-state index contributed by atoms with van der Waals surface area (Å²) >= 11 is 0. The van der Waals surface area contributed by atoms with Crippen molar-refractivity contribution in [3.05, 3.63) is 60.2 Å². The molecule has 0 saturated carbocycles. The Hall–Kier alpha value is -2.49. The summed E-state index contributed by atoms with van der Waals surface area (Å²) in [6.07, 6.45) is 4.40. The molecule has 0 radical (unpaired) electrons. The van der Waals surface area contributed by atoms with Crippen molar-refractivity contribution in [1.82, 2.24) is 5.32 Å². The summed E-state index contributed by atoms with van der Waals surface area (Å²) in [5.74, 6) is 0.0706. The van der Waals surface area contributed by atoms with Crippen molar-refractivity contribution in [3.8, 4) is 0 Å². The van der Waals surface area contributed by atoms with Crippen molar-refractivity contribution in [2.45, 2.75) is 32.2 Å². The standard InChI is InChI=1S/C21H27N3O/c25-21(23-17-18-7-3-1-4-8-18)13-14-22-19-9-11-20(12-10-19)24-15-5-2-6-16-24/h1,3-4,7-12,22H,2,5-6,13-17H2,(H,23,25). The topological polar surface area (TPSA) is 44.4 Å². The molecule has 0 atom stereocenters. The van der Waals surface area contributed by atoms with Gasteiger partial charge in [0.25, 0.3) is 0 Å². The molecule has 1 heterocycles. The zero-order valence-corrected chi connectivity index (χ0v) is 14.7. The number of carbonyl (C=O) groups excluding carboxylic acids is 1. The second-order valence-corrected chi connectivity index (χ2v) is 6.53. The van der Waals surface area contributed by atoms with E-state index in [1.165, 1.54) is 24.9 Å². The fourth-order valence-electron chi connectivity index (χ4n) is 3.15. The molecule has 4 nitrogen and oxygen atoms in total. The van der Waals surface area contributed by atoms with Crippen LogP contribution in [0.2, 0.25) is 0 Å². The van der Waals surface area contributed by atoms with E-state index in [0.717, 1.165) is 24.3 Å². The maximum Gasteiger partial charge on any atom is 0.222 e. The molecule has 2 aromatic rings. The molecule has 1 amide bonds. The van der Waals surface area contributed by atoms with Crippen molar-refractivity contribution in [3.63, 3.8) is 0 Å². The van der Waals surface area contributed by atoms with Crippen LogP contribution in [0.5, 0.6) is 0 Å². The lowest BCUT2D eigenvalue weighted by Crippen LogP contribution is -2.29. The molecule has 1 aliphatic rings. The molecule has 1 saturated heterocycles. The van der Waals surface area contributed by atoms with Crippen LogP contribution in [0.15, 0.2) is 54.6 Å². The van der Waals surface area contributed by atoms with Crippen molar-refractivity contribution in [2.24, 2.45) is 0 Å². The van der Waals surface area contributed by atoms with Gasteiger partial charge >= 0.3 is 0 Å². The summed E-state index contributed by atoms with van der Waals surface area (Å²) in [7, 11) is 0. The van der Waals surface area contributed by atoms with Crippen LogP contribution < -0.4 is 15.5 Å². The van der Waals surface area contributed by atoms with Gasteiger partial charge in [-0.05, 0) is 49.1 Å². The first kappa shape index (κ1) is 17.3. The molecule has 1 fully saturated rings. The Bertz CT molecular complexity index is 649. The first-order valence-corrected chi connectivity index (χ1v) is 9.21. The van der Waals surface area contributed by atoms with Gasteiger partial charge in [0.2, 0.25) is 5.91 Å². The molecule has 132 valence electrons. The highest BCUT2D eigenvalue weighted by atomic mass is 16.1. The third-order valence-electron chi connectivity index (χ3n) is 4.60. The van der Waals surface area contributed by atoms with Crippen LogP contribution in [0.4, 0.5) is 11.4 Å². The molecule has 2 aromatic carbocycles. The highest BCUT2D eigenvalue weighted by Gasteiger charge is 2.10. The van der Waals surface area contributed by atoms with Crippen LogP contribution in [0, 0.1) is 0 Å². The van der Waals surface area contributed by atoms with Gasteiger partial charge in [-0.1, -0.05) is 30.3 Å². The number of benzene rings is 2. The number of piperidine rings is 1. The van der Waals surface area contributed by atoms with E-state index in [0.29, 0.717) is 19.5 Å². The number of carbonyl (C=O) groups is 1. The Morgan fingerprint density at radius 1 is 0.920 bits per heavy atom. The predicted octanol–water partition coefficient (Wildman–Crippen LogP) is 3.80. The van der Waals surface area contributed by atoms with E-state index in [9.17, 15) is 4.79 Å². The summed E-state index contributed by atoms with van der Waals surface area (Å²) in [5.41, 5.74) is 3.49. The van der Waals surface area contributed by atoms with Gasteiger partial charge in [0.15, 0.2) is 0 Å². The zero-order chi connectivity index (χ0) is 17.3. The first-order chi connectivity index (χ1) is 12.3. The fourth-order valence-corrected chi connectivity index (χ4v) is 3.15. The van der Waals surface area contributed by atoms with Gasteiger partial charge in [-0.3, -0.25) is 4.79 Å². The highest BCUT2D eigenvalue weighted by molar-refractivity contribution is 5.76. The lowest BCUT2D eigenvalue weighted by Gasteiger charge is -2.28. The smallest absolute Gasteiger partial charge is 0.222 e. The maximum atomic E-state index is 11.9. The van der Waals surface area contributed by atoms with Gasteiger partial charge in [0.1, 0.15) is 0 Å². The monoisotopic (exact) mass is 337 g/mol. The highest BCUT2D eigenvalue weighted by Crippen LogP contribution is 2.21. The average Bonchev–Trinajstić information content (AvgIpc) is 2.68. The van der Waals surface area contributed by atoms with E-state index in [2.05, 4.69) is 39.8 Å². The van der Waals surface area contributed by atoms with Crippen molar-refractivity contribution in [1.29, 1.82) is 0 Å². The van der Waals surface area contributed by atoms with Crippen LogP contribution in [0.1, 0.15) is 31.2 Å². The molecule has 0 aliphatic carbocycles. The molecular formula is C21H27N3O. The van der Waals surface area contributed by atoms with Gasteiger partial charge in [-0.15, -0.1) is 0 Å². The summed E-state index contributed by atoms with van der Waals surface area (Å²) in [5, 5.41) is 6.28. The molecule has 3 rings (SSSR count). The van der Waals surface area contributed by atoms with E-state index < -0.39 is 0 Å². The summed E-state index contributed by atoms with van der Waals surface area (Å²) in [6.45, 7) is 3.55. The van der Waals surface area contributed by atoms with Crippen LogP contribution in [-0.4, -0.2) is 25.5 Å². The molecule has 0 bridgehead atoms. The number of anilines is 2. The Balaban J connectivity index is 1.37. The molecule has 0 unspecified atom stereocenters. The minimum absolute atomic E-state index is 0.0706. The molecule has 25 heavy (non-hydrogen) atoms. The Labute approximate surface area is 150 Å². The van der Waals surface area contributed by atoms with Crippen LogP contribution in [0.25, 0.3) is 0 Å². The van der Waals surface area contributed by atoms with E-state index >= 15 is 0 Å². The van der Waals surface area contributed by atoms with E-state index in [1.807, 2.05) is 30.3 Å². The Morgan fingerprint density at radius 2 is 1.64 bits per heavy atom. The molecule has 2 N–H and O–H groups in total. The van der Waals surface area contributed by atoms with Gasteiger partial charge in [0, 0.05) is 44.0 Å². The summed E-state index contributed by atoms with van der Waals surface area (Å²) in [4.78, 5) is 14.4. The summed E-state index contributed by atoms with van der Waals surface area (Å²) in [6, 6.07) is 18.5. The van der Waals surface area contributed by atoms with Crippen molar-refractivity contribution >= 4 is 17.3 Å². The molecule has 0 spiro atoms. The van der Waals surface area contributed by atoms with Gasteiger partial charge < -0.3 is 15.5 Å². The average molecular weight is 337 g/mol. The van der Waals surface area contributed by atoms with Gasteiger partial charge in [0.05, 0.1) is 0 Å². The SMILES string of the molecule is O=C(CCNc1ccc(N2CCCCC2)cc1)NCc1ccccc1. The fraction of sp³-hybridized carbons (Fsp3) is 0.381. The Morgan fingerprint density at radius 3 is 2.36 bits per heavy atom. The third kappa shape index (κ3) is 5.52. The minimum Gasteiger partial charge on any atom is -0.385 e. The second kappa shape index (κ2) is 9.11. The summed E-state index contributed by atoms with van der Waals surface area (Å²) < 4.78 is 0. The number of amides is 1. The third-order valence-corrected chi connectivity index (χ3v) is 4.60. The van der Waals surface area contributed by atoms with Gasteiger partial charge in [-0.25, -0.2) is 0 Å². The van der Waals surface area contributed by atoms with Crippen molar-refractivity contribution in [2.75, 3.05) is 29.9 Å². The van der Waals surface area contributed by atoms with Crippen molar-refractivity contribution < 1.29 is 4.79 Å². The molecule has 0 aromatic heterocycles. The molecule has 4 heteroatoms. The number of rotatable bonds is 7. The van der Waals surface area contributed by atoms with E-state index in [1.54, 1.807) is 0 Å². The normalized spacial score (nSPS) is 14.2.